The van der Waals surface area contributed by atoms with E-state index in [9.17, 15) is 0 Å². The zero-order valence-electron chi connectivity index (χ0n) is 12.1. The molecule has 1 aromatic rings. The second-order valence-electron chi connectivity index (χ2n) is 6.00. The van der Waals surface area contributed by atoms with Crippen LogP contribution in [-0.4, -0.2) is 25.2 Å². The number of benzene rings is 1. The maximum atomic E-state index is 3.64. The molecule has 1 saturated heterocycles. The summed E-state index contributed by atoms with van der Waals surface area (Å²) in [5.74, 6) is 0.608. The van der Waals surface area contributed by atoms with Crippen molar-refractivity contribution < 1.29 is 0 Å². The molecule has 0 bridgehead atoms. The van der Waals surface area contributed by atoms with E-state index in [1.807, 2.05) is 0 Å². The van der Waals surface area contributed by atoms with E-state index in [-0.39, 0.29) is 0 Å². The topological polar surface area (TPSA) is 15.3 Å². The Bertz CT molecular complexity index is 384. The fraction of sp³-hybridized carbons (Fsp3) is 0.625. The first-order chi connectivity index (χ1) is 8.56. The predicted molar refractivity (Wildman–Crippen MR) is 79.4 cm³/mol. The molecule has 1 N–H and O–H groups in total. The fourth-order valence-corrected chi connectivity index (χ4v) is 2.68. The van der Waals surface area contributed by atoms with Crippen molar-refractivity contribution in [3.63, 3.8) is 0 Å². The molecule has 0 saturated carbocycles. The maximum absolute atomic E-state index is 3.64. The van der Waals surface area contributed by atoms with Gasteiger partial charge in [0.1, 0.15) is 0 Å². The number of hydrogen-bond acceptors (Lipinski definition) is 2. The van der Waals surface area contributed by atoms with Crippen molar-refractivity contribution in [2.45, 2.75) is 52.1 Å². The van der Waals surface area contributed by atoms with Crippen molar-refractivity contribution in [2.24, 2.45) is 0 Å². The summed E-state index contributed by atoms with van der Waals surface area (Å²) in [5, 5.41) is 3.64. The minimum Gasteiger partial charge on any atom is -0.370 e. The molecule has 100 valence electrons. The van der Waals surface area contributed by atoms with Gasteiger partial charge in [0.15, 0.2) is 0 Å². The van der Waals surface area contributed by atoms with Gasteiger partial charge >= 0.3 is 0 Å². The van der Waals surface area contributed by atoms with Gasteiger partial charge in [0.25, 0.3) is 0 Å². The van der Waals surface area contributed by atoms with Crippen LogP contribution in [0.3, 0.4) is 0 Å². The lowest BCUT2D eigenvalue weighted by atomic mass is 10.0. The van der Waals surface area contributed by atoms with Crippen molar-refractivity contribution in [2.75, 3.05) is 18.0 Å². The maximum Gasteiger partial charge on any atom is 0.0369 e. The van der Waals surface area contributed by atoms with Gasteiger partial charge in [-0.05, 0) is 30.0 Å². The number of nitrogens with zero attached hydrogens (tertiary/aromatic N) is 1. The molecule has 0 aliphatic carbocycles. The summed E-state index contributed by atoms with van der Waals surface area (Å²) in [7, 11) is 0. The zero-order chi connectivity index (χ0) is 13.1. The van der Waals surface area contributed by atoms with Gasteiger partial charge in [-0.3, -0.25) is 0 Å². The van der Waals surface area contributed by atoms with E-state index in [1.54, 1.807) is 0 Å². The van der Waals surface area contributed by atoms with Crippen molar-refractivity contribution in [3.05, 3.63) is 29.8 Å². The molecule has 1 fully saturated rings. The highest BCUT2D eigenvalue weighted by molar-refractivity contribution is 5.50. The van der Waals surface area contributed by atoms with E-state index in [2.05, 4.69) is 62.2 Å². The molecule has 1 aromatic carbocycles. The van der Waals surface area contributed by atoms with Gasteiger partial charge in [0.05, 0.1) is 0 Å². The Labute approximate surface area is 111 Å². The summed E-state index contributed by atoms with van der Waals surface area (Å²) in [4.78, 5) is 2.51. The minimum absolute atomic E-state index is 0.581. The van der Waals surface area contributed by atoms with E-state index >= 15 is 0 Å². The molecule has 1 aliphatic rings. The highest BCUT2D eigenvalue weighted by Crippen LogP contribution is 2.24. The van der Waals surface area contributed by atoms with Gasteiger partial charge in [-0.2, -0.15) is 0 Å². The van der Waals surface area contributed by atoms with E-state index in [0.717, 1.165) is 6.54 Å². The number of rotatable bonds is 4. The summed E-state index contributed by atoms with van der Waals surface area (Å²) in [5.41, 5.74) is 2.82. The van der Waals surface area contributed by atoms with Gasteiger partial charge in [-0.1, -0.05) is 39.8 Å². The van der Waals surface area contributed by atoms with Crippen molar-refractivity contribution in [3.8, 4) is 0 Å². The average molecular weight is 246 g/mol. The molecular formula is C16H26N2. The molecule has 0 aromatic heterocycles. The molecule has 2 nitrogen and oxygen atoms in total. The third-order valence-electron chi connectivity index (χ3n) is 3.66. The number of hydrogen-bond donors (Lipinski definition) is 1. The highest BCUT2D eigenvalue weighted by Gasteiger charge is 2.22. The molecule has 2 heteroatoms. The Morgan fingerprint density at radius 2 is 2.00 bits per heavy atom. The minimum atomic E-state index is 0.581. The quantitative estimate of drug-likeness (QED) is 0.876. The van der Waals surface area contributed by atoms with E-state index in [4.69, 9.17) is 0 Å². The van der Waals surface area contributed by atoms with Crippen LogP contribution < -0.4 is 10.2 Å². The monoisotopic (exact) mass is 246 g/mol. The Balaban J connectivity index is 2.02. The van der Waals surface area contributed by atoms with E-state index in [0.29, 0.717) is 18.0 Å². The Morgan fingerprint density at radius 3 is 2.67 bits per heavy atom. The summed E-state index contributed by atoms with van der Waals surface area (Å²) in [6.45, 7) is 11.3. The predicted octanol–water partition coefficient (Wildman–Crippen LogP) is 3.39. The first-order valence-electron chi connectivity index (χ1n) is 7.17. The summed E-state index contributed by atoms with van der Waals surface area (Å²) < 4.78 is 0. The van der Waals surface area contributed by atoms with Gasteiger partial charge in [0.2, 0.25) is 0 Å². The molecule has 2 rings (SSSR count). The van der Waals surface area contributed by atoms with Crippen molar-refractivity contribution in [1.29, 1.82) is 0 Å². The van der Waals surface area contributed by atoms with Crippen LogP contribution in [0, 0.1) is 0 Å². The molecule has 1 atom stereocenters. The molecule has 1 aliphatic heterocycles. The van der Waals surface area contributed by atoms with Crippen LogP contribution in [0.2, 0.25) is 0 Å². The Hall–Kier alpha value is -1.02. The first kappa shape index (κ1) is 13.4. The second-order valence-corrected chi connectivity index (χ2v) is 6.00. The van der Waals surface area contributed by atoms with Crippen LogP contribution in [0.25, 0.3) is 0 Å². The van der Waals surface area contributed by atoms with Gasteiger partial charge in [-0.15, -0.1) is 0 Å². The summed E-state index contributed by atoms with van der Waals surface area (Å²) >= 11 is 0. The number of anilines is 1. The lowest BCUT2D eigenvalue weighted by Crippen LogP contribution is -2.37. The third-order valence-corrected chi connectivity index (χ3v) is 3.66. The lowest BCUT2D eigenvalue weighted by molar-refractivity contribution is 0.492. The first-order valence-corrected chi connectivity index (χ1v) is 7.17. The largest absolute Gasteiger partial charge is 0.370 e. The van der Waals surface area contributed by atoms with Crippen molar-refractivity contribution >= 4 is 5.69 Å². The smallest absolute Gasteiger partial charge is 0.0369 e. The van der Waals surface area contributed by atoms with Crippen LogP contribution in [-0.2, 0) is 0 Å². The van der Waals surface area contributed by atoms with Gasteiger partial charge < -0.3 is 10.2 Å². The Kier molecular flexibility index (Phi) is 4.28. The zero-order valence-corrected chi connectivity index (χ0v) is 12.1. The molecule has 0 radical (unpaired) electrons. The normalized spacial score (nSPS) is 20.1. The fourth-order valence-electron chi connectivity index (χ4n) is 2.68. The molecule has 0 spiro atoms. The average Bonchev–Trinajstić information content (AvgIpc) is 2.77. The van der Waals surface area contributed by atoms with Crippen LogP contribution in [0.4, 0.5) is 5.69 Å². The van der Waals surface area contributed by atoms with Crippen LogP contribution in [0.5, 0.6) is 0 Å². The Morgan fingerprint density at radius 1 is 1.22 bits per heavy atom. The second kappa shape index (κ2) is 5.75. The van der Waals surface area contributed by atoms with E-state index < -0.39 is 0 Å². The number of nitrogens with one attached hydrogen (secondary N) is 1. The molecule has 18 heavy (non-hydrogen) atoms. The van der Waals surface area contributed by atoms with Crippen molar-refractivity contribution in [1.82, 2.24) is 5.32 Å². The molecular weight excluding hydrogens is 220 g/mol. The lowest BCUT2D eigenvalue weighted by Gasteiger charge is -2.21. The summed E-state index contributed by atoms with van der Waals surface area (Å²) in [6, 6.07) is 10.2. The third kappa shape index (κ3) is 3.26. The molecule has 0 amide bonds. The summed E-state index contributed by atoms with van der Waals surface area (Å²) in [6.07, 6.45) is 1.25. The van der Waals surface area contributed by atoms with Crippen LogP contribution in [0.15, 0.2) is 24.3 Å². The van der Waals surface area contributed by atoms with Crippen LogP contribution >= 0.6 is 0 Å². The van der Waals surface area contributed by atoms with Crippen LogP contribution in [0.1, 0.15) is 45.6 Å². The standard InChI is InChI=1S/C16H26N2/c1-12(2)14-6-5-7-16(10-14)18-9-8-15(11-18)17-13(3)4/h5-7,10,12-13,15,17H,8-9,11H2,1-4H3. The molecule has 1 unspecified atom stereocenters. The van der Waals surface area contributed by atoms with Gasteiger partial charge in [0, 0.05) is 30.9 Å². The SMILES string of the molecule is CC(C)NC1CCN(c2cccc(C(C)C)c2)C1. The highest BCUT2D eigenvalue weighted by atomic mass is 15.2. The van der Waals surface area contributed by atoms with Gasteiger partial charge in [-0.25, -0.2) is 0 Å². The van der Waals surface area contributed by atoms with E-state index in [1.165, 1.54) is 24.2 Å². The molecule has 1 heterocycles.